The number of nitrogens with zero attached hydrogens (tertiary/aromatic N) is 2. The lowest BCUT2D eigenvalue weighted by Gasteiger charge is -2.28. The van der Waals surface area contributed by atoms with Crippen LogP contribution in [0.15, 0.2) is 5.16 Å². The van der Waals surface area contributed by atoms with Gasteiger partial charge in [-0.05, 0) is 25.7 Å². The molecule has 104 valence electrons. The second-order valence-electron chi connectivity index (χ2n) is 5.32. The lowest BCUT2D eigenvalue weighted by Crippen LogP contribution is -2.42. The van der Waals surface area contributed by atoms with Gasteiger partial charge in [0, 0.05) is 24.9 Å². The average molecular weight is 255 g/mol. The smallest absolute Gasteiger partial charge is 0.225 e. The van der Waals surface area contributed by atoms with Crippen LogP contribution in [0.3, 0.4) is 0 Å². The molecule has 18 heavy (non-hydrogen) atoms. The average Bonchev–Trinajstić information content (AvgIpc) is 2.79. The van der Waals surface area contributed by atoms with Crippen LogP contribution in [0.1, 0.15) is 40.0 Å². The van der Waals surface area contributed by atoms with E-state index in [1.807, 2.05) is 18.7 Å². The number of oxime groups is 1. The Labute approximate surface area is 109 Å². The number of nitrogens with two attached hydrogens (primary N) is 1. The quantitative estimate of drug-likeness (QED) is 0.339. The minimum atomic E-state index is -0.115. The zero-order valence-electron chi connectivity index (χ0n) is 11.6. The van der Waals surface area contributed by atoms with E-state index >= 15 is 0 Å². The van der Waals surface area contributed by atoms with Gasteiger partial charge < -0.3 is 15.8 Å². The first-order valence-corrected chi connectivity index (χ1v) is 6.77. The van der Waals surface area contributed by atoms with Crippen LogP contribution in [0, 0.1) is 17.8 Å². The van der Waals surface area contributed by atoms with Gasteiger partial charge in [0.15, 0.2) is 0 Å². The van der Waals surface area contributed by atoms with E-state index in [-0.39, 0.29) is 23.6 Å². The fourth-order valence-electron chi connectivity index (χ4n) is 2.64. The molecule has 0 bridgehead atoms. The summed E-state index contributed by atoms with van der Waals surface area (Å²) in [4.78, 5) is 14.2. The first-order valence-electron chi connectivity index (χ1n) is 6.77. The van der Waals surface area contributed by atoms with Crippen molar-refractivity contribution >= 4 is 11.7 Å². The number of rotatable bonds is 5. The van der Waals surface area contributed by atoms with E-state index < -0.39 is 0 Å². The van der Waals surface area contributed by atoms with Crippen molar-refractivity contribution < 1.29 is 10.0 Å². The summed E-state index contributed by atoms with van der Waals surface area (Å²) in [5.74, 6) is 0.923. The summed E-state index contributed by atoms with van der Waals surface area (Å²) in [5, 5.41) is 11.6. The molecule has 0 aromatic rings. The van der Waals surface area contributed by atoms with Crippen molar-refractivity contribution in [1.29, 1.82) is 0 Å². The maximum atomic E-state index is 12.4. The molecule has 0 aliphatic heterocycles. The van der Waals surface area contributed by atoms with Gasteiger partial charge >= 0.3 is 0 Å². The van der Waals surface area contributed by atoms with Crippen LogP contribution in [0.4, 0.5) is 0 Å². The summed E-state index contributed by atoms with van der Waals surface area (Å²) >= 11 is 0. The van der Waals surface area contributed by atoms with E-state index in [0.29, 0.717) is 19.0 Å². The predicted molar refractivity (Wildman–Crippen MR) is 71.3 cm³/mol. The highest BCUT2D eigenvalue weighted by molar-refractivity contribution is 5.84. The second-order valence-corrected chi connectivity index (χ2v) is 5.32. The molecule has 0 heterocycles. The van der Waals surface area contributed by atoms with E-state index in [0.717, 1.165) is 19.3 Å². The Kier molecular flexibility index (Phi) is 5.44. The molecule has 0 radical (unpaired) electrons. The molecule has 1 saturated carbocycles. The van der Waals surface area contributed by atoms with Crippen molar-refractivity contribution in [2.24, 2.45) is 28.6 Å². The summed E-state index contributed by atoms with van der Waals surface area (Å²) in [5.41, 5.74) is 5.56. The Bertz CT molecular complexity index is 317. The lowest BCUT2D eigenvalue weighted by atomic mass is 9.96. The summed E-state index contributed by atoms with van der Waals surface area (Å²) in [6.45, 7) is 7.18. The monoisotopic (exact) mass is 255 g/mol. The minimum absolute atomic E-state index is 0.115. The van der Waals surface area contributed by atoms with Crippen LogP contribution in [-0.2, 0) is 4.79 Å². The molecule has 0 spiro atoms. The van der Waals surface area contributed by atoms with Gasteiger partial charge in [0.05, 0.1) is 0 Å². The van der Waals surface area contributed by atoms with Gasteiger partial charge in [0.2, 0.25) is 5.91 Å². The fraction of sp³-hybridized carbons (Fsp3) is 0.846. The highest BCUT2D eigenvalue weighted by Gasteiger charge is 2.32. The molecule has 1 rings (SSSR count). The molecular weight excluding hydrogens is 230 g/mol. The van der Waals surface area contributed by atoms with E-state index in [1.54, 1.807) is 0 Å². The van der Waals surface area contributed by atoms with Crippen molar-refractivity contribution in [1.82, 2.24) is 4.90 Å². The molecule has 1 aliphatic rings. The van der Waals surface area contributed by atoms with Crippen LogP contribution in [-0.4, -0.2) is 34.9 Å². The summed E-state index contributed by atoms with van der Waals surface area (Å²) < 4.78 is 0. The Morgan fingerprint density at radius 3 is 2.67 bits per heavy atom. The van der Waals surface area contributed by atoms with Gasteiger partial charge in [-0.25, -0.2) is 0 Å². The molecular formula is C13H25N3O2. The molecule has 0 aromatic heterocycles. The standard InChI is InChI=1S/C13H25N3O2/c1-4-16(8-10(3)12(14)15-18)13(17)11-7-5-6-9(11)2/h9-11,18H,4-8H2,1-3H3,(H2,14,15). The summed E-state index contributed by atoms with van der Waals surface area (Å²) in [7, 11) is 0. The largest absolute Gasteiger partial charge is 0.409 e. The van der Waals surface area contributed by atoms with Crippen LogP contribution in [0.25, 0.3) is 0 Å². The van der Waals surface area contributed by atoms with E-state index in [1.165, 1.54) is 0 Å². The maximum Gasteiger partial charge on any atom is 0.225 e. The molecule has 3 N–H and O–H groups in total. The zero-order valence-corrected chi connectivity index (χ0v) is 11.6. The number of carbonyl (C=O) groups excluding carboxylic acids is 1. The third kappa shape index (κ3) is 3.37. The van der Waals surface area contributed by atoms with Crippen molar-refractivity contribution in [3.05, 3.63) is 0 Å². The Balaban J connectivity index is 2.63. The van der Waals surface area contributed by atoms with E-state index in [9.17, 15) is 4.79 Å². The lowest BCUT2D eigenvalue weighted by molar-refractivity contribution is -0.136. The number of amides is 1. The summed E-state index contributed by atoms with van der Waals surface area (Å²) in [6, 6.07) is 0. The normalized spacial score (nSPS) is 26.1. The van der Waals surface area contributed by atoms with Crippen molar-refractivity contribution in [2.45, 2.75) is 40.0 Å². The molecule has 3 unspecified atom stereocenters. The molecule has 1 amide bonds. The van der Waals surface area contributed by atoms with Crippen molar-refractivity contribution in [3.8, 4) is 0 Å². The maximum absolute atomic E-state index is 12.4. The minimum Gasteiger partial charge on any atom is -0.409 e. The van der Waals surface area contributed by atoms with E-state index in [2.05, 4.69) is 12.1 Å². The highest BCUT2D eigenvalue weighted by Crippen LogP contribution is 2.32. The fourth-order valence-corrected chi connectivity index (χ4v) is 2.64. The van der Waals surface area contributed by atoms with Crippen LogP contribution in [0.2, 0.25) is 0 Å². The number of carbonyl (C=O) groups is 1. The molecule has 5 nitrogen and oxygen atoms in total. The van der Waals surface area contributed by atoms with Crippen molar-refractivity contribution in [2.75, 3.05) is 13.1 Å². The molecule has 0 aromatic carbocycles. The summed E-state index contributed by atoms with van der Waals surface area (Å²) in [6.07, 6.45) is 3.28. The van der Waals surface area contributed by atoms with Gasteiger partial charge in [0.25, 0.3) is 0 Å². The molecule has 3 atom stereocenters. The number of hydrogen-bond acceptors (Lipinski definition) is 3. The predicted octanol–water partition coefficient (Wildman–Crippen LogP) is 1.65. The first kappa shape index (κ1) is 14.8. The molecule has 0 saturated heterocycles. The van der Waals surface area contributed by atoms with Gasteiger partial charge in [-0.15, -0.1) is 0 Å². The van der Waals surface area contributed by atoms with Crippen LogP contribution in [0.5, 0.6) is 0 Å². The second kappa shape index (κ2) is 6.61. The molecule has 1 aliphatic carbocycles. The van der Waals surface area contributed by atoms with Crippen LogP contribution >= 0.6 is 0 Å². The van der Waals surface area contributed by atoms with Crippen LogP contribution < -0.4 is 5.73 Å². The van der Waals surface area contributed by atoms with Gasteiger partial charge in [0.1, 0.15) is 5.84 Å². The third-order valence-corrected chi connectivity index (χ3v) is 3.99. The zero-order chi connectivity index (χ0) is 13.7. The van der Waals surface area contributed by atoms with E-state index in [4.69, 9.17) is 10.9 Å². The molecule has 5 heteroatoms. The Morgan fingerprint density at radius 1 is 1.56 bits per heavy atom. The SMILES string of the molecule is CCN(CC(C)C(N)=NO)C(=O)C1CCCC1C. The topological polar surface area (TPSA) is 78.9 Å². The molecule has 1 fully saturated rings. The Morgan fingerprint density at radius 2 is 2.22 bits per heavy atom. The van der Waals surface area contributed by atoms with Gasteiger partial charge in [-0.1, -0.05) is 25.4 Å². The third-order valence-electron chi connectivity index (χ3n) is 3.99. The van der Waals surface area contributed by atoms with Gasteiger partial charge in [-0.3, -0.25) is 4.79 Å². The Hall–Kier alpha value is -1.26. The first-order chi connectivity index (χ1) is 8.51. The highest BCUT2D eigenvalue weighted by atomic mass is 16.4. The van der Waals surface area contributed by atoms with Crippen molar-refractivity contribution in [3.63, 3.8) is 0 Å². The number of hydrogen-bond donors (Lipinski definition) is 2. The number of amidine groups is 1. The van der Waals surface area contributed by atoms with Gasteiger partial charge in [-0.2, -0.15) is 0 Å².